The van der Waals surface area contributed by atoms with Crippen molar-refractivity contribution in [3.63, 3.8) is 0 Å². The lowest BCUT2D eigenvalue weighted by molar-refractivity contribution is -0.126. The number of hydrogen-bond donors (Lipinski definition) is 2. The van der Waals surface area contributed by atoms with Gasteiger partial charge in [0.1, 0.15) is 0 Å². The highest BCUT2D eigenvalue weighted by atomic mass is 16.3. The Balaban J connectivity index is 1.70. The lowest BCUT2D eigenvalue weighted by Gasteiger charge is -2.25. The zero-order valence-electron chi connectivity index (χ0n) is 14.1. The lowest BCUT2D eigenvalue weighted by atomic mass is 9.92. The number of aromatic nitrogens is 2. The van der Waals surface area contributed by atoms with Crippen molar-refractivity contribution in [2.24, 2.45) is 5.92 Å². The van der Waals surface area contributed by atoms with Crippen LogP contribution in [0.3, 0.4) is 0 Å². The van der Waals surface area contributed by atoms with E-state index in [-0.39, 0.29) is 18.4 Å². The molecule has 3 rings (SSSR count). The minimum absolute atomic E-state index is 0.00600. The Morgan fingerprint density at radius 3 is 2.67 bits per heavy atom. The second kappa shape index (κ2) is 6.69. The van der Waals surface area contributed by atoms with Crippen LogP contribution >= 0.6 is 0 Å². The monoisotopic (exact) mass is 325 g/mol. The molecule has 24 heavy (non-hydrogen) atoms. The first-order chi connectivity index (χ1) is 11.5. The van der Waals surface area contributed by atoms with Gasteiger partial charge in [-0.05, 0) is 44.2 Å². The zero-order valence-corrected chi connectivity index (χ0v) is 14.1. The Hall–Kier alpha value is -2.27. The second-order valence-electron chi connectivity index (χ2n) is 6.76. The number of carbonyl (C=O) groups is 1. The van der Waals surface area contributed by atoms with E-state index in [4.69, 9.17) is 0 Å². The molecule has 0 bridgehead atoms. The molecule has 0 spiro atoms. The summed E-state index contributed by atoms with van der Waals surface area (Å²) in [5.41, 5.74) is 0.415. The lowest BCUT2D eigenvalue weighted by Crippen LogP contribution is -2.36. The molecule has 2 aromatic rings. The molecule has 1 saturated carbocycles. The predicted octanol–water partition coefficient (Wildman–Crippen LogP) is 2.65. The minimum Gasteiger partial charge on any atom is -0.385 e. The number of hydrogen-bond acceptors (Lipinski definition) is 4. The molecule has 126 valence electrons. The van der Waals surface area contributed by atoms with Crippen molar-refractivity contribution >= 4 is 5.91 Å². The Labute approximate surface area is 142 Å². The number of amides is 1. The second-order valence-corrected chi connectivity index (χ2v) is 6.76. The van der Waals surface area contributed by atoms with Crippen LogP contribution in [0, 0.1) is 12.8 Å². The molecule has 0 saturated heterocycles. The fourth-order valence-corrected chi connectivity index (χ4v) is 2.88. The summed E-state index contributed by atoms with van der Waals surface area (Å²) < 4.78 is 0. The van der Waals surface area contributed by atoms with Crippen LogP contribution in [0.4, 0.5) is 0 Å². The fraction of sp³-hybridized carbons (Fsp3) is 0.421. The highest BCUT2D eigenvalue weighted by molar-refractivity contribution is 5.77. The molecule has 1 amide bonds. The molecule has 0 radical (unpaired) electrons. The number of carbonyl (C=O) groups excluding carboxylic acids is 1. The van der Waals surface area contributed by atoms with Crippen LogP contribution in [0.15, 0.2) is 42.6 Å². The Kier molecular flexibility index (Phi) is 4.62. The Morgan fingerprint density at radius 1 is 1.33 bits per heavy atom. The van der Waals surface area contributed by atoms with Gasteiger partial charge in [0.25, 0.3) is 0 Å². The summed E-state index contributed by atoms with van der Waals surface area (Å²) in [6.45, 7) is 3.58. The van der Waals surface area contributed by atoms with E-state index in [1.165, 1.54) is 0 Å². The van der Waals surface area contributed by atoms with Gasteiger partial charge in [-0.15, -0.1) is 0 Å². The van der Waals surface area contributed by atoms with Gasteiger partial charge in [-0.3, -0.25) is 4.79 Å². The van der Waals surface area contributed by atoms with Crippen molar-refractivity contribution < 1.29 is 9.90 Å². The predicted molar refractivity (Wildman–Crippen MR) is 91.0 cm³/mol. The first-order valence-electron chi connectivity index (χ1n) is 8.32. The number of rotatable bonds is 6. The van der Waals surface area contributed by atoms with E-state index >= 15 is 0 Å². The van der Waals surface area contributed by atoms with Gasteiger partial charge in [0.05, 0.1) is 18.1 Å². The summed E-state index contributed by atoms with van der Waals surface area (Å²) in [5.74, 6) is 0.855. The van der Waals surface area contributed by atoms with Crippen molar-refractivity contribution in [1.82, 2.24) is 15.3 Å². The summed E-state index contributed by atoms with van der Waals surface area (Å²) in [5, 5.41) is 13.7. The molecule has 1 aromatic heterocycles. The van der Waals surface area contributed by atoms with Crippen molar-refractivity contribution in [3.05, 3.63) is 59.7 Å². The molecule has 0 aliphatic heterocycles. The summed E-state index contributed by atoms with van der Waals surface area (Å²) in [6, 6.07) is 10.9. The molecule has 5 heteroatoms. The standard InChI is InChI=1S/C19H23N3O2/c1-13-10-11-20-18(21-13)17(14-8-9-14)22-16(23)12-19(2,24)15-6-4-3-5-7-15/h3-7,10-11,14,17,24H,8-9,12H2,1-2H3,(H,22,23). The molecule has 2 N–H and O–H groups in total. The number of aryl methyl sites for hydroxylation is 1. The first kappa shape index (κ1) is 16.6. The molecular weight excluding hydrogens is 302 g/mol. The van der Waals surface area contributed by atoms with Gasteiger partial charge in [-0.1, -0.05) is 30.3 Å². The van der Waals surface area contributed by atoms with E-state index in [9.17, 15) is 9.90 Å². The van der Waals surface area contributed by atoms with Gasteiger partial charge < -0.3 is 10.4 Å². The van der Waals surface area contributed by atoms with Gasteiger partial charge in [-0.25, -0.2) is 9.97 Å². The van der Waals surface area contributed by atoms with Crippen LogP contribution in [0.5, 0.6) is 0 Å². The first-order valence-corrected chi connectivity index (χ1v) is 8.32. The largest absolute Gasteiger partial charge is 0.385 e. The van der Waals surface area contributed by atoms with E-state index in [1.54, 1.807) is 13.1 Å². The minimum atomic E-state index is -1.20. The van der Waals surface area contributed by atoms with Crippen molar-refractivity contribution in [2.45, 2.75) is 44.8 Å². The molecule has 1 heterocycles. The topological polar surface area (TPSA) is 75.1 Å². The van der Waals surface area contributed by atoms with Gasteiger partial charge >= 0.3 is 0 Å². The van der Waals surface area contributed by atoms with Crippen LogP contribution in [0.1, 0.15) is 49.3 Å². The third-order valence-corrected chi connectivity index (χ3v) is 4.40. The number of benzene rings is 1. The molecule has 2 atom stereocenters. The molecule has 1 aromatic carbocycles. The average Bonchev–Trinajstić information content (AvgIpc) is 3.38. The molecule has 2 unspecified atom stereocenters. The van der Waals surface area contributed by atoms with Crippen LogP contribution in [-0.4, -0.2) is 21.0 Å². The van der Waals surface area contributed by atoms with E-state index in [1.807, 2.05) is 43.3 Å². The fourth-order valence-electron chi connectivity index (χ4n) is 2.88. The molecule has 5 nitrogen and oxygen atoms in total. The van der Waals surface area contributed by atoms with E-state index < -0.39 is 5.60 Å². The SMILES string of the molecule is Cc1ccnc(C(NC(=O)CC(C)(O)c2ccccc2)C2CC2)n1. The van der Waals surface area contributed by atoms with E-state index in [0.717, 1.165) is 24.1 Å². The maximum Gasteiger partial charge on any atom is 0.223 e. The highest BCUT2D eigenvalue weighted by Crippen LogP contribution is 2.40. The van der Waals surface area contributed by atoms with Crippen LogP contribution < -0.4 is 5.32 Å². The van der Waals surface area contributed by atoms with Crippen LogP contribution in [0.25, 0.3) is 0 Å². The molecule has 1 aliphatic carbocycles. The van der Waals surface area contributed by atoms with Crippen LogP contribution in [-0.2, 0) is 10.4 Å². The molecular formula is C19H23N3O2. The maximum atomic E-state index is 12.5. The summed E-state index contributed by atoms with van der Waals surface area (Å²) in [6.07, 6.45) is 3.86. The summed E-state index contributed by atoms with van der Waals surface area (Å²) in [4.78, 5) is 21.3. The maximum absolute atomic E-state index is 12.5. The van der Waals surface area contributed by atoms with Crippen molar-refractivity contribution in [2.75, 3.05) is 0 Å². The number of nitrogens with one attached hydrogen (secondary N) is 1. The molecule has 1 fully saturated rings. The normalized spacial score (nSPS) is 17.8. The van der Waals surface area contributed by atoms with Gasteiger partial charge in [0, 0.05) is 11.9 Å². The molecule has 1 aliphatic rings. The highest BCUT2D eigenvalue weighted by Gasteiger charge is 2.36. The third-order valence-electron chi connectivity index (χ3n) is 4.40. The number of aliphatic hydroxyl groups is 1. The van der Waals surface area contributed by atoms with Crippen molar-refractivity contribution in [1.29, 1.82) is 0 Å². The number of nitrogens with zero attached hydrogens (tertiary/aromatic N) is 2. The van der Waals surface area contributed by atoms with Gasteiger partial charge in [-0.2, -0.15) is 0 Å². The van der Waals surface area contributed by atoms with Crippen LogP contribution in [0.2, 0.25) is 0 Å². The summed E-state index contributed by atoms with van der Waals surface area (Å²) in [7, 11) is 0. The smallest absolute Gasteiger partial charge is 0.223 e. The van der Waals surface area contributed by atoms with Gasteiger partial charge in [0.2, 0.25) is 5.91 Å². The van der Waals surface area contributed by atoms with E-state index in [2.05, 4.69) is 15.3 Å². The quantitative estimate of drug-likeness (QED) is 0.856. The zero-order chi connectivity index (χ0) is 17.2. The average molecular weight is 325 g/mol. The van der Waals surface area contributed by atoms with Gasteiger partial charge in [0.15, 0.2) is 5.82 Å². The third kappa shape index (κ3) is 3.97. The Morgan fingerprint density at radius 2 is 2.04 bits per heavy atom. The van der Waals surface area contributed by atoms with Crippen molar-refractivity contribution in [3.8, 4) is 0 Å². The van der Waals surface area contributed by atoms with E-state index in [0.29, 0.717) is 11.7 Å². The summed E-state index contributed by atoms with van der Waals surface area (Å²) >= 11 is 0. The Bertz CT molecular complexity index is 712.